The van der Waals surface area contributed by atoms with Crippen LogP contribution >= 0.6 is 12.4 Å². The largest absolute Gasteiger partial charge is 0.355 e. The number of fused-ring (bicyclic) bond motifs is 1. The van der Waals surface area contributed by atoms with Crippen LogP contribution in [-0.2, 0) is 13.0 Å². The van der Waals surface area contributed by atoms with Crippen molar-refractivity contribution in [2.24, 2.45) is 0 Å². The molecule has 1 aromatic heterocycles. The van der Waals surface area contributed by atoms with Crippen molar-refractivity contribution in [3.8, 4) is 0 Å². The second-order valence-corrected chi connectivity index (χ2v) is 11.9. The summed E-state index contributed by atoms with van der Waals surface area (Å²) in [6.07, 6.45) is 27.7. The van der Waals surface area contributed by atoms with Crippen molar-refractivity contribution in [3.05, 3.63) is 29.6 Å². The smallest absolute Gasteiger partial charge is 0.251 e. The number of rotatable bonds is 24. The minimum atomic E-state index is -0.0555. The summed E-state index contributed by atoms with van der Waals surface area (Å²) in [7, 11) is 5.90. The van der Waals surface area contributed by atoms with Crippen molar-refractivity contribution in [1.82, 2.24) is 19.8 Å². The molecule has 0 fully saturated rings. The van der Waals surface area contributed by atoms with Crippen molar-refractivity contribution >= 4 is 29.3 Å². The fraction of sp³-hybridized carbons (Fsp3) is 0.765. The van der Waals surface area contributed by atoms with Crippen LogP contribution in [0.5, 0.6) is 0 Å². The Kier molecular flexibility index (Phi) is 21.0. The lowest BCUT2D eigenvalue weighted by Crippen LogP contribution is -2.19. The fourth-order valence-electron chi connectivity index (χ4n) is 5.57. The van der Waals surface area contributed by atoms with Crippen LogP contribution in [0.1, 0.15) is 145 Å². The summed E-state index contributed by atoms with van der Waals surface area (Å²) in [6.45, 7) is 4.20. The molecule has 5 nitrogen and oxygen atoms in total. The van der Waals surface area contributed by atoms with Gasteiger partial charge in [-0.25, -0.2) is 4.98 Å². The number of aromatic nitrogens is 2. The molecule has 230 valence electrons. The first-order chi connectivity index (χ1) is 19.1. The number of amides is 1. The van der Waals surface area contributed by atoms with Crippen LogP contribution in [0.3, 0.4) is 0 Å². The number of aryl methyl sites for hydroxylation is 1. The minimum absolute atomic E-state index is 0. The standard InChI is InChI=1S/C34H60N4O.ClH/c1-5-6-7-8-9-10-11-12-13-14-15-16-17-18-19-20-21-22-23-24-33-36-31-29-30(34(39)35-2)25-26-32(31)38(33)28-27-37(3)4;/h25-26,29H,5-24,27-28H2,1-4H3,(H,35,39);1H. The van der Waals surface area contributed by atoms with Crippen LogP contribution in [0.4, 0.5) is 0 Å². The molecule has 1 N–H and O–H groups in total. The van der Waals surface area contributed by atoms with E-state index in [1.165, 1.54) is 122 Å². The molecule has 0 aliphatic rings. The molecule has 0 atom stereocenters. The summed E-state index contributed by atoms with van der Waals surface area (Å²) in [4.78, 5) is 19.2. The number of carbonyl (C=O) groups is 1. The second-order valence-electron chi connectivity index (χ2n) is 11.9. The van der Waals surface area contributed by atoms with Crippen LogP contribution in [0.15, 0.2) is 18.2 Å². The van der Waals surface area contributed by atoms with E-state index in [0.29, 0.717) is 5.56 Å². The number of carbonyl (C=O) groups excluding carboxylic acids is 1. The quantitative estimate of drug-likeness (QED) is 0.127. The van der Waals surface area contributed by atoms with Crippen molar-refractivity contribution in [1.29, 1.82) is 0 Å². The van der Waals surface area contributed by atoms with Gasteiger partial charge in [-0.1, -0.05) is 122 Å². The van der Waals surface area contributed by atoms with Crippen molar-refractivity contribution in [2.75, 3.05) is 27.7 Å². The Labute approximate surface area is 252 Å². The molecule has 0 bridgehead atoms. The minimum Gasteiger partial charge on any atom is -0.355 e. The molecular weight excluding hydrogens is 516 g/mol. The van der Waals surface area contributed by atoms with Gasteiger partial charge in [-0.15, -0.1) is 12.4 Å². The maximum atomic E-state index is 12.1. The van der Waals surface area contributed by atoms with E-state index in [-0.39, 0.29) is 18.3 Å². The van der Waals surface area contributed by atoms with Gasteiger partial charge in [0.2, 0.25) is 0 Å². The molecule has 0 aliphatic heterocycles. The van der Waals surface area contributed by atoms with Crippen LogP contribution in [0.2, 0.25) is 0 Å². The van der Waals surface area contributed by atoms with Gasteiger partial charge >= 0.3 is 0 Å². The molecule has 0 unspecified atom stereocenters. The van der Waals surface area contributed by atoms with Crippen LogP contribution < -0.4 is 5.32 Å². The van der Waals surface area contributed by atoms with E-state index in [9.17, 15) is 4.79 Å². The molecule has 2 rings (SSSR count). The number of likely N-dealkylation sites (N-methyl/N-ethyl adjacent to an activating group) is 1. The summed E-state index contributed by atoms with van der Waals surface area (Å²) >= 11 is 0. The van der Waals surface area contributed by atoms with Gasteiger partial charge in [-0.3, -0.25) is 4.79 Å². The molecule has 0 radical (unpaired) electrons. The van der Waals surface area contributed by atoms with Gasteiger partial charge in [0.15, 0.2) is 0 Å². The molecule has 0 spiro atoms. The van der Waals surface area contributed by atoms with E-state index in [0.717, 1.165) is 36.4 Å². The molecule has 0 saturated heterocycles. The number of unbranched alkanes of at least 4 members (excludes halogenated alkanes) is 18. The maximum Gasteiger partial charge on any atom is 0.251 e. The third-order valence-electron chi connectivity index (χ3n) is 8.09. The number of imidazole rings is 1. The number of nitrogens with zero attached hydrogens (tertiary/aromatic N) is 3. The molecule has 40 heavy (non-hydrogen) atoms. The third kappa shape index (κ3) is 14.9. The first-order valence-corrected chi connectivity index (χ1v) is 16.4. The van der Waals surface area contributed by atoms with Gasteiger partial charge in [0, 0.05) is 32.1 Å². The van der Waals surface area contributed by atoms with Crippen LogP contribution in [0.25, 0.3) is 11.0 Å². The lowest BCUT2D eigenvalue weighted by molar-refractivity contribution is 0.0963. The molecule has 2 aromatic rings. The number of hydrogen-bond donors (Lipinski definition) is 1. The molecule has 0 aliphatic carbocycles. The normalized spacial score (nSPS) is 11.3. The Morgan fingerprint density at radius 2 is 1.25 bits per heavy atom. The Morgan fingerprint density at radius 1 is 0.775 bits per heavy atom. The lowest BCUT2D eigenvalue weighted by atomic mass is 10.0. The highest BCUT2D eigenvalue weighted by Gasteiger charge is 2.13. The third-order valence-corrected chi connectivity index (χ3v) is 8.09. The Morgan fingerprint density at radius 3 is 1.70 bits per heavy atom. The summed E-state index contributed by atoms with van der Waals surface area (Å²) in [6, 6.07) is 5.90. The predicted octanol–water partition coefficient (Wildman–Crippen LogP) is 9.35. The average Bonchev–Trinajstić information content (AvgIpc) is 3.29. The van der Waals surface area contributed by atoms with Gasteiger partial charge in [-0.2, -0.15) is 0 Å². The van der Waals surface area contributed by atoms with Gasteiger partial charge in [0.1, 0.15) is 5.82 Å². The number of benzene rings is 1. The van der Waals surface area contributed by atoms with Gasteiger partial charge in [0.25, 0.3) is 5.91 Å². The molecule has 1 heterocycles. The van der Waals surface area contributed by atoms with Crippen molar-refractivity contribution in [2.45, 2.75) is 142 Å². The number of hydrogen-bond acceptors (Lipinski definition) is 3. The Bertz CT molecular complexity index is 911. The zero-order chi connectivity index (χ0) is 28.1. The summed E-state index contributed by atoms with van der Waals surface area (Å²) in [5.74, 6) is 1.10. The van der Waals surface area contributed by atoms with Gasteiger partial charge in [-0.05, 0) is 38.7 Å². The topological polar surface area (TPSA) is 50.2 Å². The predicted molar refractivity (Wildman–Crippen MR) is 176 cm³/mol. The monoisotopic (exact) mass is 576 g/mol. The Balaban J connectivity index is 0.00000800. The summed E-state index contributed by atoms with van der Waals surface area (Å²) < 4.78 is 2.36. The van der Waals surface area contributed by atoms with E-state index in [1.54, 1.807) is 7.05 Å². The molecule has 6 heteroatoms. The summed E-state index contributed by atoms with van der Waals surface area (Å²) in [5, 5.41) is 2.72. The van der Waals surface area contributed by atoms with Crippen LogP contribution in [-0.4, -0.2) is 48.0 Å². The number of halogens is 1. The maximum absolute atomic E-state index is 12.1. The SMILES string of the molecule is CCCCCCCCCCCCCCCCCCCCCc1nc2cc(C(=O)NC)ccc2n1CCN(C)C.Cl. The highest BCUT2D eigenvalue weighted by atomic mass is 35.5. The van der Waals surface area contributed by atoms with Crippen molar-refractivity contribution < 1.29 is 4.79 Å². The first kappa shape index (κ1) is 36.4. The second kappa shape index (κ2) is 23.0. The molecule has 1 amide bonds. The lowest BCUT2D eigenvalue weighted by Gasteiger charge is -2.13. The molecular formula is C34H61ClN4O. The van der Waals surface area contributed by atoms with Crippen molar-refractivity contribution in [3.63, 3.8) is 0 Å². The van der Waals surface area contributed by atoms with E-state index in [4.69, 9.17) is 4.98 Å². The number of nitrogens with one attached hydrogen (secondary N) is 1. The highest BCUT2D eigenvalue weighted by Crippen LogP contribution is 2.21. The zero-order valence-electron chi connectivity index (χ0n) is 26.4. The van der Waals surface area contributed by atoms with E-state index in [1.807, 2.05) is 12.1 Å². The van der Waals surface area contributed by atoms with Gasteiger partial charge in [0.05, 0.1) is 11.0 Å². The summed E-state index contributed by atoms with van der Waals surface area (Å²) in [5.41, 5.74) is 2.75. The van der Waals surface area contributed by atoms with E-state index in [2.05, 4.69) is 41.9 Å². The average molecular weight is 577 g/mol. The first-order valence-electron chi connectivity index (χ1n) is 16.4. The van der Waals surface area contributed by atoms with Gasteiger partial charge < -0.3 is 14.8 Å². The van der Waals surface area contributed by atoms with Crippen LogP contribution in [0, 0.1) is 0 Å². The fourth-order valence-corrected chi connectivity index (χ4v) is 5.57. The zero-order valence-corrected chi connectivity index (χ0v) is 27.3. The molecule has 0 saturated carbocycles. The van der Waals surface area contributed by atoms with E-state index >= 15 is 0 Å². The molecule has 1 aromatic carbocycles. The highest BCUT2D eigenvalue weighted by molar-refractivity contribution is 5.97. The Hall–Kier alpha value is -1.59. The van der Waals surface area contributed by atoms with E-state index < -0.39 is 0 Å².